The lowest BCUT2D eigenvalue weighted by molar-refractivity contribution is -0.305. The van der Waals surface area contributed by atoms with Gasteiger partial charge in [0.2, 0.25) is 5.91 Å². The van der Waals surface area contributed by atoms with Crippen LogP contribution in [0.15, 0.2) is 48.6 Å². The molecule has 0 bridgehead atoms. The van der Waals surface area contributed by atoms with Crippen LogP contribution < -0.4 is 5.32 Å². The highest BCUT2D eigenvalue weighted by molar-refractivity contribution is 5.80. The molecule has 83 heavy (non-hydrogen) atoms. The van der Waals surface area contributed by atoms with Gasteiger partial charge in [-0.15, -0.1) is 0 Å². The summed E-state index contributed by atoms with van der Waals surface area (Å²) in [6.07, 6.45) is 64.5. The molecule has 0 aromatic rings. The normalized spacial score (nSPS) is 18.8. The number of carbonyl (C=O) groups excluding carboxylic acids is 2. The summed E-state index contributed by atoms with van der Waals surface area (Å²) in [7, 11) is 0. The van der Waals surface area contributed by atoms with E-state index in [0.29, 0.717) is 19.3 Å². The van der Waals surface area contributed by atoms with Gasteiger partial charge in [0.25, 0.3) is 0 Å². The molecule has 1 saturated heterocycles. The zero-order valence-electron chi connectivity index (χ0n) is 54.1. The summed E-state index contributed by atoms with van der Waals surface area (Å²) in [5.41, 5.74) is 0. The molecule has 8 atom stereocenters. The highest BCUT2D eigenvalue weighted by atomic mass is 16.7. The Kier molecular flexibility index (Phi) is 56.8. The molecule has 1 amide bonds. The molecule has 0 radical (unpaired) electrons. The molecule has 0 saturated carbocycles. The van der Waals surface area contributed by atoms with E-state index in [1.807, 2.05) is 6.08 Å². The van der Waals surface area contributed by atoms with Gasteiger partial charge in [-0.1, -0.05) is 313 Å². The van der Waals surface area contributed by atoms with Crippen LogP contribution in [0.5, 0.6) is 0 Å². The minimum absolute atomic E-state index is 0.110. The number of unbranched alkanes of at least 4 members (excludes halogenated alkanes) is 41. The van der Waals surface area contributed by atoms with Crippen LogP contribution in [0.25, 0.3) is 0 Å². The molecular formula is C72H133NO10. The lowest BCUT2D eigenvalue weighted by Crippen LogP contribution is -2.61. The second kappa shape index (κ2) is 59.9. The largest absolute Gasteiger partial charge is 0.454 e. The number of esters is 1. The zero-order valence-corrected chi connectivity index (χ0v) is 54.1. The lowest BCUT2D eigenvalue weighted by atomic mass is 9.99. The van der Waals surface area contributed by atoms with Crippen LogP contribution in [0.1, 0.15) is 335 Å². The quantitative estimate of drug-likeness (QED) is 0.0195. The van der Waals surface area contributed by atoms with Crippen molar-refractivity contribution in [2.24, 2.45) is 0 Å². The number of ether oxygens (including phenoxy) is 3. The van der Waals surface area contributed by atoms with Crippen LogP contribution in [0, 0.1) is 0 Å². The monoisotopic (exact) mass is 1170 g/mol. The zero-order chi connectivity index (χ0) is 60.3. The van der Waals surface area contributed by atoms with Crippen molar-refractivity contribution < 1.29 is 49.3 Å². The summed E-state index contributed by atoms with van der Waals surface area (Å²) in [5, 5.41) is 57.2. The van der Waals surface area contributed by atoms with Gasteiger partial charge in [-0.05, 0) is 64.2 Å². The summed E-state index contributed by atoms with van der Waals surface area (Å²) in [6, 6.07) is -1.03. The predicted molar refractivity (Wildman–Crippen MR) is 347 cm³/mol. The average Bonchev–Trinajstić information content (AvgIpc) is 3.69. The third-order valence-corrected chi connectivity index (χ3v) is 16.7. The first-order valence-electron chi connectivity index (χ1n) is 35.4. The van der Waals surface area contributed by atoms with Crippen LogP contribution >= 0.6 is 0 Å². The molecule has 1 heterocycles. The van der Waals surface area contributed by atoms with Crippen molar-refractivity contribution in [1.82, 2.24) is 5.32 Å². The van der Waals surface area contributed by atoms with Crippen molar-refractivity contribution in [3.05, 3.63) is 48.6 Å². The van der Waals surface area contributed by atoms with Crippen molar-refractivity contribution in [2.75, 3.05) is 13.2 Å². The summed E-state index contributed by atoms with van der Waals surface area (Å²) in [5.74, 6) is -1.20. The first-order valence-corrected chi connectivity index (χ1v) is 35.4. The fourth-order valence-corrected chi connectivity index (χ4v) is 11.1. The van der Waals surface area contributed by atoms with E-state index in [1.54, 1.807) is 6.08 Å². The van der Waals surface area contributed by atoms with Gasteiger partial charge in [-0.25, -0.2) is 0 Å². The number of amides is 1. The van der Waals surface area contributed by atoms with Gasteiger partial charge in [-0.3, -0.25) is 9.59 Å². The third kappa shape index (κ3) is 47.4. The number of rotatable bonds is 61. The lowest BCUT2D eigenvalue weighted by Gasteiger charge is -2.41. The molecule has 1 fully saturated rings. The minimum Gasteiger partial charge on any atom is -0.454 e. The van der Waals surface area contributed by atoms with Crippen LogP contribution in [-0.4, -0.2) is 99.6 Å². The number of allylic oxidation sites excluding steroid dienone is 7. The van der Waals surface area contributed by atoms with Gasteiger partial charge in [0.05, 0.1) is 25.4 Å². The van der Waals surface area contributed by atoms with E-state index in [0.717, 1.165) is 89.9 Å². The number of nitrogens with one attached hydrogen (secondary N) is 1. The third-order valence-electron chi connectivity index (χ3n) is 16.7. The minimum atomic E-state index is -1.62. The fraction of sp³-hybridized carbons (Fsp3) is 0.861. The Labute approximate surface area is 510 Å². The maximum atomic E-state index is 13.5. The Bertz CT molecular complexity index is 1540. The van der Waals surface area contributed by atoms with E-state index < -0.39 is 67.4 Å². The molecule has 6 N–H and O–H groups in total. The van der Waals surface area contributed by atoms with Crippen molar-refractivity contribution in [1.29, 1.82) is 0 Å². The van der Waals surface area contributed by atoms with Gasteiger partial charge in [-0.2, -0.15) is 0 Å². The molecule has 0 aromatic heterocycles. The van der Waals surface area contributed by atoms with Crippen molar-refractivity contribution in [3.8, 4) is 0 Å². The predicted octanol–water partition coefficient (Wildman–Crippen LogP) is 18.0. The number of hydrogen-bond acceptors (Lipinski definition) is 10. The SMILES string of the molecule is CCCCC/C=C\C/C=C\C/C=C\CCCCCCCCC(=O)OC1C(OCC(NC(=O)C(O)CCCCCCCCCCCCCCCCCCCCCCCCCC)C(O)/C=C/CCCCCCCCCCC)OC(CO)C(O)C1O. The van der Waals surface area contributed by atoms with Crippen molar-refractivity contribution in [2.45, 2.75) is 384 Å². The summed E-state index contributed by atoms with van der Waals surface area (Å²) in [6.45, 7) is 5.79. The topological polar surface area (TPSA) is 175 Å². The number of aliphatic hydroxyl groups is 5. The van der Waals surface area contributed by atoms with E-state index in [4.69, 9.17) is 14.2 Å². The molecule has 0 spiro atoms. The van der Waals surface area contributed by atoms with Gasteiger partial charge >= 0.3 is 5.97 Å². The van der Waals surface area contributed by atoms with Gasteiger partial charge in [0.15, 0.2) is 12.4 Å². The van der Waals surface area contributed by atoms with E-state index in [1.165, 1.54) is 199 Å². The molecule has 8 unspecified atom stereocenters. The summed E-state index contributed by atoms with van der Waals surface area (Å²) in [4.78, 5) is 26.6. The van der Waals surface area contributed by atoms with E-state index in [2.05, 4.69) is 62.5 Å². The Morgan fingerprint density at radius 3 is 1.27 bits per heavy atom. The highest BCUT2D eigenvalue weighted by Crippen LogP contribution is 2.26. The number of carbonyl (C=O) groups is 2. The second-order valence-electron chi connectivity index (χ2n) is 24.6. The average molecular weight is 1170 g/mol. The Morgan fingerprint density at radius 1 is 0.470 bits per heavy atom. The Hall–Kier alpha value is -2.38. The molecule has 1 rings (SSSR count). The molecule has 1 aliphatic heterocycles. The van der Waals surface area contributed by atoms with Crippen LogP contribution in [0.4, 0.5) is 0 Å². The van der Waals surface area contributed by atoms with Crippen LogP contribution in [-0.2, 0) is 23.8 Å². The van der Waals surface area contributed by atoms with Gasteiger partial charge in [0, 0.05) is 6.42 Å². The molecule has 11 nitrogen and oxygen atoms in total. The molecule has 0 aliphatic carbocycles. The first kappa shape index (κ1) is 78.6. The van der Waals surface area contributed by atoms with Crippen LogP contribution in [0.2, 0.25) is 0 Å². The van der Waals surface area contributed by atoms with Gasteiger partial charge in [0.1, 0.15) is 24.4 Å². The summed E-state index contributed by atoms with van der Waals surface area (Å²) >= 11 is 0. The molecule has 486 valence electrons. The first-order chi connectivity index (χ1) is 40.7. The number of hydrogen-bond donors (Lipinski definition) is 6. The smallest absolute Gasteiger partial charge is 0.306 e. The van der Waals surface area contributed by atoms with E-state index >= 15 is 0 Å². The molecule has 11 heteroatoms. The summed E-state index contributed by atoms with van der Waals surface area (Å²) < 4.78 is 17.7. The van der Waals surface area contributed by atoms with Crippen LogP contribution in [0.3, 0.4) is 0 Å². The van der Waals surface area contributed by atoms with Crippen molar-refractivity contribution >= 4 is 11.9 Å². The van der Waals surface area contributed by atoms with E-state index in [9.17, 15) is 35.1 Å². The van der Waals surface area contributed by atoms with Gasteiger partial charge < -0.3 is 45.1 Å². The fourth-order valence-electron chi connectivity index (χ4n) is 11.1. The standard InChI is InChI=1S/C72H133NO10/c1-4-7-10-13-16-19-22-24-26-28-30-31-32-33-34-36-37-39-41-44-47-50-53-56-59-65(76)71(80)73-63(64(75)58-55-52-49-46-43-21-18-15-12-9-6-3)62-81-72-70(69(79)68(78)66(61-74)82-72)83-67(77)60-57-54-51-48-45-42-40-38-35-29-27-25-23-20-17-14-11-8-5-2/h17,20,25,27,35,38,55,58,63-66,68-70,72,74-76,78-79H,4-16,18-19,21-24,26,28-34,36-37,39-54,56-57,59-62H2,1-3H3,(H,73,80)/b20-17-,27-25-,38-35-,58-55+. The highest BCUT2D eigenvalue weighted by Gasteiger charge is 2.47. The number of aliphatic hydroxyl groups excluding tert-OH is 5. The maximum Gasteiger partial charge on any atom is 0.306 e. The van der Waals surface area contributed by atoms with E-state index in [-0.39, 0.29) is 13.0 Å². The van der Waals surface area contributed by atoms with Crippen molar-refractivity contribution in [3.63, 3.8) is 0 Å². The Balaban J connectivity index is 2.56. The Morgan fingerprint density at radius 2 is 0.831 bits per heavy atom. The molecular weight excluding hydrogens is 1040 g/mol. The second-order valence-corrected chi connectivity index (χ2v) is 24.6. The molecule has 1 aliphatic rings. The maximum absolute atomic E-state index is 13.5. The molecule has 0 aromatic carbocycles.